The quantitative estimate of drug-likeness (QED) is 0.752. The molecule has 4 atom stereocenters. The van der Waals surface area contributed by atoms with Crippen molar-refractivity contribution in [2.45, 2.75) is 69.4 Å². The molecule has 5 rings (SSSR count). The van der Waals surface area contributed by atoms with Crippen LogP contribution in [0.3, 0.4) is 0 Å². The third kappa shape index (κ3) is 3.08. The van der Waals surface area contributed by atoms with Gasteiger partial charge in [0.05, 0.1) is 24.5 Å². The second kappa shape index (κ2) is 6.41. The number of nitrogens with zero attached hydrogens (tertiary/aromatic N) is 1. The number of anilines is 1. The molecule has 0 radical (unpaired) electrons. The first-order valence-corrected chi connectivity index (χ1v) is 10.9. The fourth-order valence-electron chi connectivity index (χ4n) is 6.35. The molecular weight excluding hydrogens is 378 g/mol. The van der Waals surface area contributed by atoms with Gasteiger partial charge in [-0.05, 0) is 52.7 Å². The Morgan fingerprint density at radius 2 is 1.80 bits per heavy atom. The molecule has 3 saturated heterocycles. The molecule has 6 nitrogen and oxygen atoms in total. The molecule has 0 aliphatic carbocycles. The highest BCUT2D eigenvalue weighted by atomic mass is 16.5. The fourth-order valence-corrected chi connectivity index (χ4v) is 6.35. The van der Waals surface area contributed by atoms with Gasteiger partial charge in [-0.15, -0.1) is 0 Å². The van der Waals surface area contributed by atoms with Crippen LogP contribution in [0.4, 0.5) is 5.69 Å². The lowest BCUT2D eigenvalue weighted by Crippen LogP contribution is -2.62. The van der Waals surface area contributed by atoms with Crippen molar-refractivity contribution < 1.29 is 14.3 Å². The van der Waals surface area contributed by atoms with Crippen molar-refractivity contribution in [3.05, 3.63) is 42.5 Å². The van der Waals surface area contributed by atoms with E-state index in [0.717, 1.165) is 18.5 Å². The molecule has 160 valence electrons. The average Bonchev–Trinajstić information content (AvgIpc) is 3.28. The van der Waals surface area contributed by atoms with Crippen molar-refractivity contribution >= 4 is 17.5 Å². The molecule has 1 spiro atoms. The standard InChI is InChI=1S/C24H31N3O3/c1-22(2)12-15(13-23(3,4)26-22)25-20(28)18-17-10-11-24(30-17)14-27(21(29)19(18)24)16-8-6-5-7-9-16/h5-11,15,17-19,26H,12-14H2,1-4H3,(H,25,28)/t17-,18+,19+,24+/m1/s1. The fraction of sp³-hybridized carbons (Fsp3) is 0.583. The van der Waals surface area contributed by atoms with Crippen LogP contribution in [0, 0.1) is 11.8 Å². The minimum absolute atomic E-state index is 0.0147. The Balaban J connectivity index is 1.37. The molecule has 0 unspecified atom stereocenters. The SMILES string of the molecule is CC1(C)CC(NC(=O)[C@@H]2[C@H]3C(=O)N(c4ccccc4)C[C@@]34C=C[C@H]2O4)CC(C)(C)N1. The van der Waals surface area contributed by atoms with Gasteiger partial charge in [0.1, 0.15) is 5.60 Å². The maximum absolute atomic E-state index is 13.4. The van der Waals surface area contributed by atoms with E-state index in [1.807, 2.05) is 42.5 Å². The largest absolute Gasteiger partial charge is 0.360 e. The van der Waals surface area contributed by atoms with Gasteiger partial charge in [-0.3, -0.25) is 9.59 Å². The van der Waals surface area contributed by atoms with E-state index in [1.165, 1.54) is 0 Å². The van der Waals surface area contributed by atoms with Crippen molar-refractivity contribution in [1.82, 2.24) is 10.6 Å². The molecule has 1 aromatic rings. The second-order valence-corrected chi connectivity index (χ2v) is 10.7. The highest BCUT2D eigenvalue weighted by Crippen LogP contribution is 2.52. The lowest BCUT2D eigenvalue weighted by atomic mass is 9.75. The van der Waals surface area contributed by atoms with Gasteiger partial charge in [-0.1, -0.05) is 30.4 Å². The average molecular weight is 410 g/mol. The molecule has 0 aromatic heterocycles. The maximum Gasteiger partial charge on any atom is 0.234 e. The monoisotopic (exact) mass is 409 g/mol. The van der Waals surface area contributed by atoms with E-state index in [0.29, 0.717) is 6.54 Å². The van der Waals surface area contributed by atoms with Crippen LogP contribution in [0.2, 0.25) is 0 Å². The van der Waals surface area contributed by atoms with Crippen molar-refractivity contribution in [2.24, 2.45) is 11.8 Å². The smallest absolute Gasteiger partial charge is 0.234 e. The Kier molecular flexibility index (Phi) is 4.22. The van der Waals surface area contributed by atoms with Crippen LogP contribution in [0.1, 0.15) is 40.5 Å². The Bertz CT molecular complexity index is 894. The number of carbonyl (C=O) groups excluding carboxylic acids is 2. The van der Waals surface area contributed by atoms with Gasteiger partial charge in [0.2, 0.25) is 11.8 Å². The van der Waals surface area contributed by atoms with Gasteiger partial charge in [0.25, 0.3) is 0 Å². The summed E-state index contributed by atoms with van der Waals surface area (Å²) >= 11 is 0. The summed E-state index contributed by atoms with van der Waals surface area (Å²) in [5, 5.41) is 6.93. The van der Waals surface area contributed by atoms with Crippen LogP contribution < -0.4 is 15.5 Å². The molecule has 4 heterocycles. The van der Waals surface area contributed by atoms with Crippen LogP contribution in [0.25, 0.3) is 0 Å². The number of hydrogen-bond donors (Lipinski definition) is 2. The Labute approximate surface area is 178 Å². The Morgan fingerprint density at radius 1 is 1.13 bits per heavy atom. The number of carbonyl (C=O) groups is 2. The number of benzene rings is 1. The highest BCUT2D eigenvalue weighted by Gasteiger charge is 2.67. The van der Waals surface area contributed by atoms with Crippen molar-refractivity contribution in [2.75, 3.05) is 11.4 Å². The summed E-state index contributed by atoms with van der Waals surface area (Å²) < 4.78 is 6.26. The summed E-state index contributed by atoms with van der Waals surface area (Å²) in [7, 11) is 0. The number of hydrogen-bond acceptors (Lipinski definition) is 4. The van der Waals surface area contributed by atoms with Gasteiger partial charge in [-0.2, -0.15) is 0 Å². The molecule has 3 fully saturated rings. The molecule has 0 saturated carbocycles. The highest BCUT2D eigenvalue weighted by molar-refractivity contribution is 6.03. The number of amides is 2. The normalized spacial score (nSPS) is 36.2. The topological polar surface area (TPSA) is 70.7 Å². The number of ether oxygens (including phenoxy) is 1. The van der Waals surface area contributed by atoms with E-state index in [-0.39, 0.29) is 35.0 Å². The predicted octanol–water partition coefficient (Wildman–Crippen LogP) is 2.40. The molecule has 30 heavy (non-hydrogen) atoms. The molecule has 2 N–H and O–H groups in total. The first-order chi connectivity index (χ1) is 14.1. The van der Waals surface area contributed by atoms with E-state index < -0.39 is 17.4 Å². The lowest BCUT2D eigenvalue weighted by molar-refractivity contribution is -0.132. The van der Waals surface area contributed by atoms with Crippen LogP contribution in [0.5, 0.6) is 0 Å². The number of fused-ring (bicyclic) bond motifs is 1. The van der Waals surface area contributed by atoms with E-state index in [9.17, 15) is 9.59 Å². The molecule has 1 aromatic carbocycles. The predicted molar refractivity (Wildman–Crippen MR) is 115 cm³/mol. The zero-order valence-corrected chi connectivity index (χ0v) is 18.1. The Hall–Kier alpha value is -2.18. The molecular formula is C24H31N3O3. The third-order valence-corrected chi connectivity index (χ3v) is 7.01. The van der Waals surface area contributed by atoms with Crippen molar-refractivity contribution in [1.29, 1.82) is 0 Å². The zero-order valence-electron chi connectivity index (χ0n) is 18.1. The number of piperidine rings is 1. The minimum atomic E-state index is -0.688. The van der Waals surface area contributed by atoms with E-state index in [2.05, 4.69) is 38.3 Å². The Morgan fingerprint density at radius 3 is 2.47 bits per heavy atom. The first kappa shape index (κ1) is 19.8. The van der Waals surface area contributed by atoms with Crippen LogP contribution in [-0.4, -0.2) is 47.2 Å². The van der Waals surface area contributed by atoms with Crippen molar-refractivity contribution in [3.8, 4) is 0 Å². The number of nitrogens with one attached hydrogen (secondary N) is 2. The van der Waals surface area contributed by atoms with Crippen LogP contribution >= 0.6 is 0 Å². The van der Waals surface area contributed by atoms with E-state index in [4.69, 9.17) is 4.74 Å². The molecule has 4 aliphatic rings. The maximum atomic E-state index is 13.4. The van der Waals surface area contributed by atoms with Crippen LogP contribution in [0.15, 0.2) is 42.5 Å². The van der Waals surface area contributed by atoms with Gasteiger partial charge in [0, 0.05) is 22.8 Å². The molecule has 4 aliphatic heterocycles. The minimum Gasteiger partial charge on any atom is -0.360 e. The summed E-state index contributed by atoms with van der Waals surface area (Å²) in [6.07, 6.45) is 5.37. The number of rotatable bonds is 3. The number of para-hydroxylation sites is 1. The summed E-state index contributed by atoms with van der Waals surface area (Å²) in [4.78, 5) is 28.6. The van der Waals surface area contributed by atoms with E-state index >= 15 is 0 Å². The summed E-state index contributed by atoms with van der Waals surface area (Å²) in [6.45, 7) is 9.14. The summed E-state index contributed by atoms with van der Waals surface area (Å²) in [6, 6.07) is 9.72. The molecule has 2 amide bonds. The molecule has 6 heteroatoms. The summed E-state index contributed by atoms with van der Waals surface area (Å²) in [5.74, 6) is -1.01. The van der Waals surface area contributed by atoms with Gasteiger partial charge >= 0.3 is 0 Å². The van der Waals surface area contributed by atoms with Crippen molar-refractivity contribution in [3.63, 3.8) is 0 Å². The van der Waals surface area contributed by atoms with Crippen LogP contribution in [-0.2, 0) is 14.3 Å². The third-order valence-electron chi connectivity index (χ3n) is 7.01. The van der Waals surface area contributed by atoms with Gasteiger partial charge < -0.3 is 20.3 Å². The lowest BCUT2D eigenvalue weighted by Gasteiger charge is -2.47. The molecule has 2 bridgehead atoms. The van der Waals surface area contributed by atoms with E-state index in [1.54, 1.807) is 4.90 Å². The van der Waals surface area contributed by atoms with Gasteiger partial charge in [0.15, 0.2) is 0 Å². The second-order valence-electron chi connectivity index (χ2n) is 10.7. The summed E-state index contributed by atoms with van der Waals surface area (Å²) in [5.41, 5.74) is 0.0536. The van der Waals surface area contributed by atoms with Gasteiger partial charge in [-0.25, -0.2) is 0 Å². The first-order valence-electron chi connectivity index (χ1n) is 10.9. The zero-order chi connectivity index (χ0) is 21.3.